The van der Waals surface area contributed by atoms with Crippen LogP contribution in [0.3, 0.4) is 0 Å². The summed E-state index contributed by atoms with van der Waals surface area (Å²) in [5.41, 5.74) is 8.16. The minimum Gasteiger partial charge on any atom is -0.419 e. The molecular formula is C15H20N4O. The number of aromatic nitrogens is 2. The van der Waals surface area contributed by atoms with E-state index in [2.05, 4.69) is 22.0 Å². The third kappa shape index (κ3) is 3.05. The molecule has 20 heavy (non-hydrogen) atoms. The highest BCUT2D eigenvalue weighted by molar-refractivity contribution is 5.52. The van der Waals surface area contributed by atoms with Crippen molar-refractivity contribution in [2.45, 2.75) is 32.4 Å². The van der Waals surface area contributed by atoms with E-state index in [0.29, 0.717) is 18.3 Å². The van der Waals surface area contributed by atoms with Gasteiger partial charge in [0, 0.05) is 18.2 Å². The third-order valence-electron chi connectivity index (χ3n) is 3.67. The van der Waals surface area contributed by atoms with Crippen molar-refractivity contribution < 1.29 is 4.42 Å². The second-order valence-electron chi connectivity index (χ2n) is 5.50. The van der Waals surface area contributed by atoms with Crippen LogP contribution in [0.4, 0.5) is 0 Å². The van der Waals surface area contributed by atoms with Crippen molar-refractivity contribution in [1.29, 1.82) is 0 Å². The second kappa shape index (κ2) is 5.73. The Morgan fingerprint density at radius 3 is 2.85 bits per heavy atom. The molecule has 0 radical (unpaired) electrons. The molecule has 1 aliphatic rings. The summed E-state index contributed by atoms with van der Waals surface area (Å²) in [4.78, 5) is 2.28. The van der Waals surface area contributed by atoms with Crippen LogP contribution in [0.25, 0.3) is 11.5 Å². The molecule has 0 aliphatic carbocycles. The van der Waals surface area contributed by atoms with Crippen LogP contribution in [0.15, 0.2) is 28.7 Å². The molecule has 0 spiro atoms. The van der Waals surface area contributed by atoms with Gasteiger partial charge in [0.15, 0.2) is 0 Å². The molecule has 106 valence electrons. The number of hydrogen-bond acceptors (Lipinski definition) is 5. The maximum absolute atomic E-state index is 5.98. The first-order valence-electron chi connectivity index (χ1n) is 7.08. The number of likely N-dealkylation sites (tertiary alicyclic amines) is 1. The Hall–Kier alpha value is -1.72. The summed E-state index contributed by atoms with van der Waals surface area (Å²) in [6.45, 7) is 4.70. The highest BCUT2D eigenvalue weighted by Crippen LogP contribution is 2.19. The molecule has 0 unspecified atom stereocenters. The Labute approximate surface area is 118 Å². The average Bonchev–Trinajstić information content (AvgIpc) is 2.88. The molecule has 5 heteroatoms. The first kappa shape index (κ1) is 13.3. The van der Waals surface area contributed by atoms with E-state index >= 15 is 0 Å². The van der Waals surface area contributed by atoms with E-state index in [-0.39, 0.29) is 6.04 Å². The first-order valence-corrected chi connectivity index (χ1v) is 7.08. The molecule has 2 aromatic rings. The Bertz CT molecular complexity index is 564. The fourth-order valence-electron chi connectivity index (χ4n) is 2.56. The lowest BCUT2D eigenvalue weighted by Gasteiger charge is -2.29. The molecule has 0 saturated carbocycles. The molecule has 1 saturated heterocycles. The molecule has 1 fully saturated rings. The Morgan fingerprint density at radius 1 is 1.30 bits per heavy atom. The van der Waals surface area contributed by atoms with Crippen molar-refractivity contribution in [3.05, 3.63) is 35.7 Å². The van der Waals surface area contributed by atoms with Crippen LogP contribution >= 0.6 is 0 Å². The zero-order valence-electron chi connectivity index (χ0n) is 11.7. The van der Waals surface area contributed by atoms with Gasteiger partial charge in [-0.15, -0.1) is 10.2 Å². The normalized spacial score (nSPS) is 20.2. The summed E-state index contributed by atoms with van der Waals surface area (Å²) in [7, 11) is 0. The predicted molar refractivity (Wildman–Crippen MR) is 77.0 cm³/mol. The van der Waals surface area contributed by atoms with Gasteiger partial charge in [-0.25, -0.2) is 0 Å². The van der Waals surface area contributed by atoms with Gasteiger partial charge in [0.1, 0.15) is 0 Å². The van der Waals surface area contributed by atoms with Gasteiger partial charge < -0.3 is 10.2 Å². The number of piperidine rings is 1. The standard InChI is InChI=1S/C15H20N4O/c1-11-4-6-12(7-5-11)15-18-17-14(20-15)10-19-8-2-3-13(16)9-19/h4-7,13H,2-3,8-10,16H2,1H3/t13-/m1/s1. The minimum atomic E-state index is 0.267. The Morgan fingerprint density at radius 2 is 2.10 bits per heavy atom. The van der Waals surface area contributed by atoms with Gasteiger partial charge in [0.25, 0.3) is 0 Å². The van der Waals surface area contributed by atoms with Gasteiger partial charge in [-0.3, -0.25) is 4.90 Å². The highest BCUT2D eigenvalue weighted by Gasteiger charge is 2.19. The van der Waals surface area contributed by atoms with E-state index in [9.17, 15) is 0 Å². The molecule has 1 atom stereocenters. The van der Waals surface area contributed by atoms with Gasteiger partial charge in [-0.1, -0.05) is 17.7 Å². The lowest BCUT2D eigenvalue weighted by molar-refractivity contribution is 0.185. The number of nitrogens with two attached hydrogens (primary N) is 1. The van der Waals surface area contributed by atoms with Crippen molar-refractivity contribution in [2.24, 2.45) is 5.73 Å². The van der Waals surface area contributed by atoms with Crippen LogP contribution in [-0.4, -0.2) is 34.2 Å². The summed E-state index contributed by atoms with van der Waals surface area (Å²) in [5, 5.41) is 8.26. The van der Waals surface area contributed by atoms with Gasteiger partial charge >= 0.3 is 0 Å². The molecule has 2 heterocycles. The summed E-state index contributed by atoms with van der Waals surface area (Å²) in [6, 6.07) is 8.36. The van der Waals surface area contributed by atoms with Crippen molar-refractivity contribution in [3.8, 4) is 11.5 Å². The third-order valence-corrected chi connectivity index (χ3v) is 3.67. The van der Waals surface area contributed by atoms with Crippen molar-refractivity contribution in [2.75, 3.05) is 13.1 Å². The molecule has 1 aromatic carbocycles. The fraction of sp³-hybridized carbons (Fsp3) is 0.467. The van der Waals surface area contributed by atoms with E-state index in [1.807, 2.05) is 24.3 Å². The molecule has 1 aromatic heterocycles. The molecule has 0 bridgehead atoms. The molecule has 2 N–H and O–H groups in total. The smallest absolute Gasteiger partial charge is 0.247 e. The van der Waals surface area contributed by atoms with Gasteiger partial charge in [-0.05, 0) is 38.4 Å². The Kier molecular flexibility index (Phi) is 3.80. The lowest BCUT2D eigenvalue weighted by atomic mass is 10.1. The van der Waals surface area contributed by atoms with Crippen LogP contribution in [0, 0.1) is 6.92 Å². The first-order chi connectivity index (χ1) is 9.70. The van der Waals surface area contributed by atoms with Crippen LogP contribution < -0.4 is 5.73 Å². The monoisotopic (exact) mass is 272 g/mol. The van der Waals surface area contributed by atoms with E-state index in [4.69, 9.17) is 10.2 Å². The van der Waals surface area contributed by atoms with Crippen molar-refractivity contribution in [1.82, 2.24) is 15.1 Å². The minimum absolute atomic E-state index is 0.267. The maximum atomic E-state index is 5.98. The topological polar surface area (TPSA) is 68.2 Å². The molecule has 5 nitrogen and oxygen atoms in total. The molecule has 0 amide bonds. The van der Waals surface area contributed by atoms with Crippen LogP contribution in [0.1, 0.15) is 24.3 Å². The summed E-state index contributed by atoms with van der Waals surface area (Å²) in [5.74, 6) is 1.25. The largest absolute Gasteiger partial charge is 0.419 e. The zero-order valence-corrected chi connectivity index (χ0v) is 11.7. The fourth-order valence-corrected chi connectivity index (χ4v) is 2.56. The number of benzene rings is 1. The van der Waals surface area contributed by atoms with Crippen molar-refractivity contribution in [3.63, 3.8) is 0 Å². The summed E-state index contributed by atoms with van der Waals surface area (Å²) < 4.78 is 5.74. The molecule has 3 rings (SSSR count). The average molecular weight is 272 g/mol. The molecule has 1 aliphatic heterocycles. The van der Waals surface area contributed by atoms with Crippen LogP contribution in [-0.2, 0) is 6.54 Å². The SMILES string of the molecule is Cc1ccc(-c2nnc(CN3CCC[C@@H](N)C3)o2)cc1. The Balaban J connectivity index is 1.69. The quantitative estimate of drug-likeness (QED) is 0.925. The van der Waals surface area contributed by atoms with Gasteiger partial charge in [-0.2, -0.15) is 0 Å². The van der Waals surface area contributed by atoms with Crippen LogP contribution in [0.5, 0.6) is 0 Å². The lowest BCUT2D eigenvalue weighted by Crippen LogP contribution is -2.42. The van der Waals surface area contributed by atoms with E-state index in [0.717, 1.165) is 31.5 Å². The van der Waals surface area contributed by atoms with Crippen molar-refractivity contribution >= 4 is 0 Å². The number of hydrogen-bond donors (Lipinski definition) is 1. The van der Waals surface area contributed by atoms with Gasteiger partial charge in [0.2, 0.25) is 11.8 Å². The van der Waals surface area contributed by atoms with E-state index in [1.54, 1.807) is 0 Å². The van der Waals surface area contributed by atoms with E-state index < -0.39 is 0 Å². The maximum Gasteiger partial charge on any atom is 0.247 e. The highest BCUT2D eigenvalue weighted by atomic mass is 16.4. The zero-order chi connectivity index (χ0) is 13.9. The number of aryl methyl sites for hydroxylation is 1. The number of rotatable bonds is 3. The van der Waals surface area contributed by atoms with Crippen LogP contribution in [0.2, 0.25) is 0 Å². The number of nitrogens with zero attached hydrogens (tertiary/aromatic N) is 3. The van der Waals surface area contributed by atoms with Gasteiger partial charge in [0.05, 0.1) is 6.54 Å². The summed E-state index contributed by atoms with van der Waals surface area (Å²) in [6.07, 6.45) is 2.25. The van der Waals surface area contributed by atoms with E-state index in [1.165, 1.54) is 5.56 Å². The molecular weight excluding hydrogens is 252 g/mol. The predicted octanol–water partition coefficient (Wildman–Crippen LogP) is 1.97. The summed E-state index contributed by atoms with van der Waals surface area (Å²) >= 11 is 0. The second-order valence-corrected chi connectivity index (χ2v) is 5.50.